The van der Waals surface area contributed by atoms with Crippen LogP contribution in [0.2, 0.25) is 0 Å². The number of morpholine rings is 1. The van der Waals surface area contributed by atoms with Crippen molar-refractivity contribution >= 4 is 18.0 Å². The fourth-order valence-electron chi connectivity index (χ4n) is 5.55. The van der Waals surface area contributed by atoms with Crippen molar-refractivity contribution in [1.29, 1.82) is 0 Å². The predicted molar refractivity (Wildman–Crippen MR) is 128 cm³/mol. The molecule has 184 valence electrons. The standard InChI is InChI=1S/C27H30N2O6/c30-24(29-12-13-34-16-18(29)14-25(31)32)15-27(10-5-11-27)28-26(33)35-17-23-21-8-3-1-6-19(21)20-7-2-4-9-22(20)23/h1-4,6-9,18,23H,5,10-17H2,(H,28,33)(H,31,32). The van der Waals surface area contributed by atoms with E-state index in [0.717, 1.165) is 17.5 Å². The van der Waals surface area contributed by atoms with Crippen LogP contribution in [0.3, 0.4) is 0 Å². The zero-order chi connectivity index (χ0) is 24.4. The summed E-state index contributed by atoms with van der Waals surface area (Å²) in [5.74, 6) is -1.15. The van der Waals surface area contributed by atoms with E-state index < -0.39 is 23.6 Å². The lowest BCUT2D eigenvalue weighted by molar-refractivity contribution is -0.147. The lowest BCUT2D eigenvalue weighted by atomic mass is 9.74. The van der Waals surface area contributed by atoms with Gasteiger partial charge in [0.15, 0.2) is 0 Å². The number of fused-ring (bicyclic) bond motifs is 3. The third-order valence-electron chi connectivity index (χ3n) is 7.47. The minimum absolute atomic E-state index is 0.0303. The van der Waals surface area contributed by atoms with Crippen LogP contribution in [0.15, 0.2) is 48.5 Å². The van der Waals surface area contributed by atoms with Crippen LogP contribution in [-0.4, -0.2) is 65.9 Å². The third-order valence-corrected chi connectivity index (χ3v) is 7.47. The monoisotopic (exact) mass is 478 g/mol. The number of nitrogens with one attached hydrogen (secondary N) is 1. The van der Waals surface area contributed by atoms with Gasteiger partial charge in [-0.3, -0.25) is 9.59 Å². The van der Waals surface area contributed by atoms with Crippen molar-refractivity contribution in [2.45, 2.75) is 49.6 Å². The molecule has 5 rings (SSSR count). The number of alkyl carbamates (subject to hydrolysis) is 1. The van der Waals surface area contributed by atoms with Crippen LogP contribution in [-0.2, 0) is 19.1 Å². The summed E-state index contributed by atoms with van der Waals surface area (Å²) in [7, 11) is 0. The Hall–Kier alpha value is -3.39. The highest BCUT2D eigenvalue weighted by atomic mass is 16.5. The van der Waals surface area contributed by atoms with Crippen LogP contribution >= 0.6 is 0 Å². The van der Waals surface area contributed by atoms with Crippen LogP contribution in [0.4, 0.5) is 4.79 Å². The molecule has 1 saturated carbocycles. The van der Waals surface area contributed by atoms with Gasteiger partial charge in [0.05, 0.1) is 37.6 Å². The second-order valence-corrected chi connectivity index (χ2v) is 9.67. The third kappa shape index (κ3) is 4.75. The summed E-state index contributed by atoms with van der Waals surface area (Å²) < 4.78 is 11.1. The molecule has 1 heterocycles. The highest BCUT2D eigenvalue weighted by molar-refractivity contribution is 5.81. The molecule has 2 amide bonds. The van der Waals surface area contributed by atoms with Gasteiger partial charge in [0.1, 0.15) is 6.61 Å². The molecule has 3 aliphatic rings. The van der Waals surface area contributed by atoms with E-state index in [-0.39, 0.29) is 37.9 Å². The Morgan fingerprint density at radius 2 is 1.71 bits per heavy atom. The largest absolute Gasteiger partial charge is 0.481 e. The number of hydrogen-bond acceptors (Lipinski definition) is 5. The molecule has 2 aliphatic carbocycles. The first-order chi connectivity index (χ1) is 17.0. The number of hydrogen-bond donors (Lipinski definition) is 2. The maximum Gasteiger partial charge on any atom is 0.407 e. The summed E-state index contributed by atoms with van der Waals surface area (Å²) in [6, 6.07) is 15.9. The van der Waals surface area contributed by atoms with E-state index in [1.807, 2.05) is 24.3 Å². The maximum absolute atomic E-state index is 13.1. The molecule has 8 heteroatoms. The molecule has 2 N–H and O–H groups in total. The molecule has 0 spiro atoms. The Bertz CT molecular complexity index is 1080. The van der Waals surface area contributed by atoms with E-state index in [1.54, 1.807) is 4.90 Å². The van der Waals surface area contributed by atoms with Crippen molar-refractivity contribution in [1.82, 2.24) is 10.2 Å². The van der Waals surface area contributed by atoms with Crippen molar-refractivity contribution < 1.29 is 29.0 Å². The average molecular weight is 479 g/mol. The zero-order valence-corrected chi connectivity index (χ0v) is 19.6. The molecule has 8 nitrogen and oxygen atoms in total. The number of benzene rings is 2. The summed E-state index contributed by atoms with van der Waals surface area (Å²) >= 11 is 0. The number of ether oxygens (including phenoxy) is 2. The van der Waals surface area contributed by atoms with Crippen molar-refractivity contribution in [3.63, 3.8) is 0 Å². The zero-order valence-electron chi connectivity index (χ0n) is 19.6. The molecule has 2 fully saturated rings. The molecular weight excluding hydrogens is 448 g/mol. The number of carbonyl (C=O) groups excluding carboxylic acids is 2. The van der Waals surface area contributed by atoms with Crippen molar-refractivity contribution in [2.75, 3.05) is 26.4 Å². The first-order valence-corrected chi connectivity index (χ1v) is 12.2. The Morgan fingerprint density at radius 3 is 2.31 bits per heavy atom. The Morgan fingerprint density at radius 1 is 1.06 bits per heavy atom. The number of carboxylic acids is 1. The molecule has 2 aromatic rings. The lowest BCUT2D eigenvalue weighted by Gasteiger charge is -2.44. The molecule has 1 atom stereocenters. The van der Waals surface area contributed by atoms with Crippen molar-refractivity contribution in [3.05, 3.63) is 59.7 Å². The average Bonchev–Trinajstić information content (AvgIpc) is 3.15. The van der Waals surface area contributed by atoms with Crippen molar-refractivity contribution in [3.8, 4) is 11.1 Å². The summed E-state index contributed by atoms with van der Waals surface area (Å²) in [5.41, 5.74) is 3.98. The fraction of sp³-hybridized carbons (Fsp3) is 0.444. The number of carbonyl (C=O) groups is 3. The SMILES string of the molecule is O=C(O)CC1COCCN1C(=O)CC1(NC(=O)OCC2c3ccccc3-c3ccccc32)CCC1. The van der Waals surface area contributed by atoms with Gasteiger partial charge >= 0.3 is 12.1 Å². The van der Waals surface area contributed by atoms with Gasteiger partial charge in [0, 0.05) is 12.5 Å². The van der Waals surface area contributed by atoms with Crippen LogP contribution in [0.1, 0.15) is 49.1 Å². The Labute approximate surface area is 204 Å². The normalized spacial score (nSPS) is 20.3. The number of carboxylic acid groups (broad SMARTS) is 1. The minimum atomic E-state index is -0.964. The van der Waals surface area contributed by atoms with E-state index in [0.29, 0.717) is 26.0 Å². The first kappa shape index (κ1) is 23.4. The van der Waals surface area contributed by atoms with E-state index in [1.165, 1.54) is 11.1 Å². The Kier molecular flexibility index (Phi) is 6.47. The number of nitrogens with zero attached hydrogens (tertiary/aromatic N) is 1. The summed E-state index contributed by atoms with van der Waals surface area (Å²) in [4.78, 5) is 38.7. The molecule has 1 aliphatic heterocycles. The number of rotatable bonds is 7. The smallest absolute Gasteiger partial charge is 0.407 e. The molecular formula is C27H30N2O6. The highest BCUT2D eigenvalue weighted by Gasteiger charge is 2.43. The summed E-state index contributed by atoms with van der Waals surface area (Å²) in [5, 5.41) is 12.1. The van der Waals surface area contributed by atoms with Crippen LogP contribution in [0.25, 0.3) is 11.1 Å². The summed E-state index contributed by atoms with van der Waals surface area (Å²) in [6.07, 6.45) is 1.75. The topological polar surface area (TPSA) is 105 Å². The van der Waals surface area contributed by atoms with Gasteiger partial charge < -0.3 is 24.8 Å². The van der Waals surface area contributed by atoms with Gasteiger partial charge in [-0.25, -0.2) is 4.79 Å². The van der Waals surface area contributed by atoms with E-state index >= 15 is 0 Å². The van der Waals surface area contributed by atoms with Crippen LogP contribution < -0.4 is 5.32 Å². The molecule has 0 bridgehead atoms. The van der Waals surface area contributed by atoms with E-state index in [4.69, 9.17) is 9.47 Å². The second kappa shape index (κ2) is 9.70. The van der Waals surface area contributed by atoms with Gasteiger partial charge in [0.2, 0.25) is 5.91 Å². The number of aliphatic carboxylic acids is 1. The quantitative estimate of drug-likeness (QED) is 0.631. The lowest BCUT2D eigenvalue weighted by Crippen LogP contribution is -2.58. The van der Waals surface area contributed by atoms with Crippen LogP contribution in [0.5, 0.6) is 0 Å². The molecule has 0 aromatic heterocycles. The van der Waals surface area contributed by atoms with Gasteiger partial charge in [-0.15, -0.1) is 0 Å². The van der Waals surface area contributed by atoms with Gasteiger partial charge in [-0.1, -0.05) is 48.5 Å². The number of amides is 2. The Balaban J connectivity index is 1.22. The predicted octanol–water partition coefficient (Wildman–Crippen LogP) is 3.54. The molecule has 35 heavy (non-hydrogen) atoms. The highest BCUT2D eigenvalue weighted by Crippen LogP contribution is 2.44. The minimum Gasteiger partial charge on any atom is -0.481 e. The van der Waals surface area contributed by atoms with E-state index in [9.17, 15) is 19.5 Å². The molecule has 1 unspecified atom stereocenters. The maximum atomic E-state index is 13.1. The summed E-state index contributed by atoms with van der Waals surface area (Å²) in [6.45, 7) is 1.17. The fourth-order valence-corrected chi connectivity index (χ4v) is 5.55. The van der Waals surface area contributed by atoms with Gasteiger partial charge in [-0.2, -0.15) is 0 Å². The van der Waals surface area contributed by atoms with Gasteiger partial charge in [-0.05, 0) is 41.5 Å². The molecule has 0 radical (unpaired) electrons. The van der Waals surface area contributed by atoms with E-state index in [2.05, 4.69) is 29.6 Å². The molecule has 1 saturated heterocycles. The second-order valence-electron chi connectivity index (χ2n) is 9.67. The first-order valence-electron chi connectivity index (χ1n) is 12.2. The van der Waals surface area contributed by atoms with Crippen molar-refractivity contribution in [2.24, 2.45) is 0 Å². The van der Waals surface area contributed by atoms with Crippen LogP contribution in [0, 0.1) is 0 Å². The molecule has 2 aromatic carbocycles. The van der Waals surface area contributed by atoms with Gasteiger partial charge in [0.25, 0.3) is 0 Å².